The van der Waals surface area contributed by atoms with Crippen LogP contribution in [0.15, 0.2) is 33.3 Å². The molecule has 0 saturated heterocycles. The molecular weight excluding hydrogens is 248 g/mol. The summed E-state index contributed by atoms with van der Waals surface area (Å²) in [5.74, 6) is 0.712. The molecule has 1 aromatic heterocycles. The summed E-state index contributed by atoms with van der Waals surface area (Å²) in [5, 5.41) is 12.3. The van der Waals surface area contributed by atoms with Gasteiger partial charge in [-0.25, -0.2) is 0 Å². The van der Waals surface area contributed by atoms with Crippen LogP contribution in [-0.4, -0.2) is 15.2 Å². The zero-order valence-electron chi connectivity index (χ0n) is 7.14. The molecule has 4 nitrogen and oxygen atoms in total. The van der Waals surface area contributed by atoms with Gasteiger partial charge in [-0.2, -0.15) is 4.98 Å². The molecule has 1 aromatic carbocycles. The summed E-state index contributed by atoms with van der Waals surface area (Å²) in [6, 6.07) is 7.49. The fraction of sp³-hybridized carbons (Fsp3) is 0.111. The topological polar surface area (TPSA) is 59.2 Å². The van der Waals surface area contributed by atoms with Crippen molar-refractivity contribution in [3.05, 3.63) is 34.6 Å². The maximum Gasteiger partial charge on any atom is 0.258 e. The van der Waals surface area contributed by atoms with E-state index in [4.69, 9.17) is 9.63 Å². The van der Waals surface area contributed by atoms with Gasteiger partial charge >= 0.3 is 0 Å². The Morgan fingerprint density at radius 2 is 2.00 bits per heavy atom. The third-order valence-corrected chi connectivity index (χ3v) is 2.23. The minimum Gasteiger partial charge on any atom is -0.388 e. The van der Waals surface area contributed by atoms with Gasteiger partial charge in [-0.15, -0.1) is 0 Å². The number of rotatable bonds is 2. The van der Waals surface area contributed by atoms with Gasteiger partial charge in [0.25, 0.3) is 5.89 Å². The summed E-state index contributed by atoms with van der Waals surface area (Å²) in [4.78, 5) is 3.99. The Balaban J connectivity index is 2.34. The van der Waals surface area contributed by atoms with E-state index in [9.17, 15) is 0 Å². The van der Waals surface area contributed by atoms with Crippen LogP contribution in [-0.2, 0) is 6.61 Å². The number of hydrogen-bond donors (Lipinski definition) is 1. The molecule has 0 aliphatic rings. The second-order valence-corrected chi connectivity index (χ2v) is 3.60. The first kappa shape index (κ1) is 9.36. The fourth-order valence-corrected chi connectivity index (χ4v) is 1.29. The predicted octanol–water partition coefficient (Wildman–Crippen LogP) is 1.99. The van der Waals surface area contributed by atoms with Crippen LogP contribution < -0.4 is 0 Å². The van der Waals surface area contributed by atoms with E-state index >= 15 is 0 Å². The van der Waals surface area contributed by atoms with Gasteiger partial charge in [-0.05, 0) is 24.3 Å². The monoisotopic (exact) mass is 254 g/mol. The standard InChI is InChI=1S/C9H7BrN2O2/c10-7-3-1-6(2-4-7)9-11-8(5-13)12-14-9/h1-4,13H,5H2. The van der Waals surface area contributed by atoms with E-state index in [1.54, 1.807) is 0 Å². The fourth-order valence-electron chi connectivity index (χ4n) is 1.03. The Morgan fingerprint density at radius 3 is 2.57 bits per heavy atom. The van der Waals surface area contributed by atoms with Crippen molar-refractivity contribution in [3.63, 3.8) is 0 Å². The highest BCUT2D eigenvalue weighted by atomic mass is 79.9. The summed E-state index contributed by atoms with van der Waals surface area (Å²) in [5.41, 5.74) is 0.834. The third-order valence-electron chi connectivity index (χ3n) is 1.70. The molecule has 0 saturated carbocycles. The van der Waals surface area contributed by atoms with E-state index in [0.29, 0.717) is 11.7 Å². The Morgan fingerprint density at radius 1 is 1.29 bits per heavy atom. The molecule has 2 aromatic rings. The molecule has 0 atom stereocenters. The van der Waals surface area contributed by atoms with Crippen LogP contribution in [0.3, 0.4) is 0 Å². The molecule has 0 radical (unpaired) electrons. The zero-order chi connectivity index (χ0) is 9.97. The van der Waals surface area contributed by atoms with Crippen LogP contribution in [0.1, 0.15) is 5.82 Å². The van der Waals surface area contributed by atoms with Gasteiger partial charge < -0.3 is 9.63 Å². The summed E-state index contributed by atoms with van der Waals surface area (Å²) >= 11 is 3.33. The maximum atomic E-state index is 8.75. The minimum absolute atomic E-state index is 0.208. The van der Waals surface area contributed by atoms with Crippen molar-refractivity contribution < 1.29 is 9.63 Å². The van der Waals surface area contributed by atoms with Crippen LogP contribution in [0.25, 0.3) is 11.5 Å². The normalized spacial score (nSPS) is 10.4. The van der Waals surface area contributed by atoms with Crippen molar-refractivity contribution in [1.29, 1.82) is 0 Å². The average Bonchev–Trinajstić information content (AvgIpc) is 2.67. The number of benzene rings is 1. The first-order chi connectivity index (χ1) is 6.79. The van der Waals surface area contributed by atoms with Crippen molar-refractivity contribution in [3.8, 4) is 11.5 Å². The number of aliphatic hydroxyl groups is 1. The second kappa shape index (κ2) is 3.89. The lowest BCUT2D eigenvalue weighted by atomic mass is 10.2. The quantitative estimate of drug-likeness (QED) is 0.891. The lowest BCUT2D eigenvalue weighted by Crippen LogP contribution is -1.84. The number of aromatic nitrogens is 2. The van der Waals surface area contributed by atoms with E-state index in [1.807, 2.05) is 24.3 Å². The Kier molecular flexibility index (Phi) is 2.60. The first-order valence-electron chi connectivity index (χ1n) is 3.99. The molecule has 5 heteroatoms. The van der Waals surface area contributed by atoms with Crippen LogP contribution in [0.5, 0.6) is 0 Å². The molecule has 72 valence electrons. The predicted molar refractivity (Wildman–Crippen MR) is 53.4 cm³/mol. The molecule has 2 rings (SSSR count). The highest BCUT2D eigenvalue weighted by Crippen LogP contribution is 2.19. The van der Waals surface area contributed by atoms with Crippen molar-refractivity contribution in [2.75, 3.05) is 0 Å². The van der Waals surface area contributed by atoms with Crippen molar-refractivity contribution in [2.45, 2.75) is 6.61 Å². The van der Waals surface area contributed by atoms with Crippen LogP contribution in [0, 0.1) is 0 Å². The van der Waals surface area contributed by atoms with Crippen LogP contribution >= 0.6 is 15.9 Å². The van der Waals surface area contributed by atoms with E-state index in [1.165, 1.54) is 0 Å². The number of hydrogen-bond acceptors (Lipinski definition) is 4. The van der Waals surface area contributed by atoms with Crippen molar-refractivity contribution in [2.24, 2.45) is 0 Å². The molecule has 1 N–H and O–H groups in total. The Hall–Kier alpha value is -1.20. The SMILES string of the molecule is OCc1noc(-c2ccc(Br)cc2)n1. The molecule has 0 aliphatic carbocycles. The van der Waals surface area contributed by atoms with E-state index in [0.717, 1.165) is 10.0 Å². The summed E-state index contributed by atoms with van der Waals surface area (Å²) in [7, 11) is 0. The summed E-state index contributed by atoms with van der Waals surface area (Å²) in [6.07, 6.45) is 0. The van der Waals surface area contributed by atoms with Gasteiger partial charge in [-0.3, -0.25) is 0 Å². The van der Waals surface area contributed by atoms with E-state index in [-0.39, 0.29) is 6.61 Å². The van der Waals surface area contributed by atoms with Crippen LogP contribution in [0.2, 0.25) is 0 Å². The molecule has 14 heavy (non-hydrogen) atoms. The Bertz CT molecular complexity index is 425. The van der Waals surface area contributed by atoms with E-state index in [2.05, 4.69) is 26.1 Å². The van der Waals surface area contributed by atoms with Crippen molar-refractivity contribution >= 4 is 15.9 Å². The second-order valence-electron chi connectivity index (χ2n) is 2.68. The number of halogens is 1. The van der Waals surface area contributed by atoms with Gasteiger partial charge in [-0.1, -0.05) is 21.1 Å². The van der Waals surface area contributed by atoms with Gasteiger partial charge in [0.2, 0.25) is 0 Å². The van der Waals surface area contributed by atoms with Gasteiger partial charge in [0.1, 0.15) is 6.61 Å². The van der Waals surface area contributed by atoms with Gasteiger partial charge in [0, 0.05) is 10.0 Å². The molecule has 0 unspecified atom stereocenters. The largest absolute Gasteiger partial charge is 0.388 e. The first-order valence-corrected chi connectivity index (χ1v) is 4.78. The molecule has 0 amide bonds. The molecule has 0 bridgehead atoms. The molecular formula is C9H7BrN2O2. The number of aliphatic hydroxyl groups excluding tert-OH is 1. The molecule has 1 heterocycles. The maximum absolute atomic E-state index is 8.75. The minimum atomic E-state index is -0.208. The smallest absolute Gasteiger partial charge is 0.258 e. The molecule has 0 fully saturated rings. The van der Waals surface area contributed by atoms with Gasteiger partial charge in [0.05, 0.1) is 0 Å². The van der Waals surface area contributed by atoms with Crippen molar-refractivity contribution in [1.82, 2.24) is 10.1 Å². The Labute approximate surface area is 88.7 Å². The average molecular weight is 255 g/mol. The van der Waals surface area contributed by atoms with Crippen LogP contribution in [0.4, 0.5) is 0 Å². The van der Waals surface area contributed by atoms with Gasteiger partial charge in [0.15, 0.2) is 5.82 Å². The zero-order valence-corrected chi connectivity index (χ0v) is 8.73. The van der Waals surface area contributed by atoms with E-state index < -0.39 is 0 Å². The molecule has 0 aliphatic heterocycles. The summed E-state index contributed by atoms with van der Waals surface area (Å²) < 4.78 is 5.93. The highest BCUT2D eigenvalue weighted by Gasteiger charge is 2.06. The lowest BCUT2D eigenvalue weighted by Gasteiger charge is -1.92. The summed E-state index contributed by atoms with van der Waals surface area (Å²) in [6.45, 7) is -0.208. The number of nitrogens with zero attached hydrogens (tertiary/aromatic N) is 2. The lowest BCUT2D eigenvalue weighted by molar-refractivity contribution is 0.264. The third kappa shape index (κ3) is 1.83. The highest BCUT2D eigenvalue weighted by molar-refractivity contribution is 9.10. The molecule has 0 spiro atoms.